The van der Waals surface area contributed by atoms with Gasteiger partial charge < -0.3 is 21.1 Å². The lowest BCUT2D eigenvalue weighted by atomic mass is 9.97. The number of halogens is 3. The predicted molar refractivity (Wildman–Crippen MR) is 93.1 cm³/mol. The molecule has 0 aliphatic carbocycles. The Morgan fingerprint density at radius 2 is 1.62 bits per heavy atom. The summed E-state index contributed by atoms with van der Waals surface area (Å²) in [4.78, 5) is 26.4. The highest BCUT2D eigenvalue weighted by atomic mass is 19.4. The largest absolute Gasteiger partial charge is 0.416 e. The van der Waals surface area contributed by atoms with Crippen LogP contribution in [0, 0.1) is 11.8 Å². The van der Waals surface area contributed by atoms with Crippen LogP contribution in [0.15, 0.2) is 0 Å². The van der Waals surface area contributed by atoms with E-state index >= 15 is 0 Å². The first-order valence-corrected chi connectivity index (χ1v) is 8.90. The molecule has 0 rings (SSSR count). The van der Waals surface area contributed by atoms with Crippen molar-refractivity contribution >= 4 is 11.8 Å². The molecular formula is C17H32F3N3O3. The second kappa shape index (κ2) is 10.1. The normalized spacial score (nSPS) is 17.0. The summed E-state index contributed by atoms with van der Waals surface area (Å²) in [6, 6.07) is -3.28. The van der Waals surface area contributed by atoms with Gasteiger partial charge in [-0.3, -0.25) is 9.59 Å². The highest BCUT2D eigenvalue weighted by Gasteiger charge is 2.46. The molecule has 26 heavy (non-hydrogen) atoms. The van der Waals surface area contributed by atoms with Gasteiger partial charge in [0.05, 0.1) is 12.1 Å². The molecule has 0 saturated heterocycles. The second-order valence-corrected chi connectivity index (χ2v) is 7.08. The first-order valence-electron chi connectivity index (χ1n) is 8.90. The summed E-state index contributed by atoms with van der Waals surface area (Å²) in [5, 5.41) is 11.8. The van der Waals surface area contributed by atoms with Crippen molar-refractivity contribution in [3.8, 4) is 0 Å². The number of nitrogens with two attached hydrogens (primary N) is 1. The number of aliphatic hydroxyl groups is 1. The first kappa shape index (κ1) is 24.7. The lowest BCUT2D eigenvalue weighted by Crippen LogP contribution is -2.59. The van der Waals surface area contributed by atoms with Crippen molar-refractivity contribution in [2.75, 3.05) is 6.54 Å². The number of carbonyl (C=O) groups excluding carboxylic acids is 2. The molecule has 0 aromatic heterocycles. The zero-order valence-electron chi connectivity index (χ0n) is 16.3. The number of amides is 2. The van der Waals surface area contributed by atoms with E-state index in [0.717, 1.165) is 0 Å². The van der Waals surface area contributed by atoms with E-state index in [9.17, 15) is 27.9 Å². The Kier molecular flexibility index (Phi) is 9.58. The Morgan fingerprint density at radius 3 is 1.92 bits per heavy atom. The minimum atomic E-state index is -4.86. The van der Waals surface area contributed by atoms with Crippen LogP contribution in [0.1, 0.15) is 48.0 Å². The van der Waals surface area contributed by atoms with E-state index in [1.807, 2.05) is 0 Å². The van der Waals surface area contributed by atoms with E-state index in [0.29, 0.717) is 0 Å². The molecule has 6 nitrogen and oxygen atoms in total. The summed E-state index contributed by atoms with van der Waals surface area (Å²) in [5.41, 5.74) is 5.87. The molecule has 2 unspecified atom stereocenters. The molecule has 0 aliphatic heterocycles. The van der Waals surface area contributed by atoms with Crippen molar-refractivity contribution in [2.24, 2.45) is 17.6 Å². The van der Waals surface area contributed by atoms with Crippen molar-refractivity contribution < 1.29 is 27.9 Å². The summed E-state index contributed by atoms with van der Waals surface area (Å²) < 4.78 is 38.6. The molecule has 0 aromatic carbocycles. The average Bonchev–Trinajstić information content (AvgIpc) is 2.53. The topological polar surface area (TPSA) is 95.7 Å². The van der Waals surface area contributed by atoms with E-state index in [2.05, 4.69) is 5.32 Å². The fourth-order valence-corrected chi connectivity index (χ4v) is 2.63. The van der Waals surface area contributed by atoms with Crippen molar-refractivity contribution in [3.05, 3.63) is 0 Å². The number of aliphatic hydroxyl groups excluding tert-OH is 1. The van der Waals surface area contributed by atoms with Gasteiger partial charge in [-0.2, -0.15) is 13.2 Å². The van der Waals surface area contributed by atoms with Crippen LogP contribution in [0.2, 0.25) is 0 Å². The highest BCUT2D eigenvalue weighted by Crippen LogP contribution is 2.25. The second-order valence-electron chi connectivity index (χ2n) is 7.08. The lowest BCUT2D eigenvalue weighted by molar-refractivity contribution is -0.215. The zero-order valence-corrected chi connectivity index (χ0v) is 16.3. The standard InChI is InChI=1S/C17H32F3N3O3/c1-7-11(23(8-2)16(26)12(21)9(3)4)15(25)22-13(10(5)6)14(24)17(18,19)20/h9-14,24H,7-8,21H2,1-6H3,(H,22,25)/t11-,12-,13?,14?/m0/s1. The number of alkyl halides is 3. The molecule has 2 amide bonds. The van der Waals surface area contributed by atoms with E-state index < -0.39 is 48.1 Å². The van der Waals surface area contributed by atoms with E-state index in [4.69, 9.17) is 5.73 Å². The van der Waals surface area contributed by atoms with Crippen LogP contribution in [-0.2, 0) is 9.59 Å². The van der Waals surface area contributed by atoms with Gasteiger partial charge in [0, 0.05) is 6.54 Å². The van der Waals surface area contributed by atoms with Gasteiger partial charge in [0.25, 0.3) is 0 Å². The fourth-order valence-electron chi connectivity index (χ4n) is 2.63. The third-order valence-electron chi connectivity index (χ3n) is 4.40. The molecular weight excluding hydrogens is 351 g/mol. The Balaban J connectivity index is 5.46. The number of rotatable bonds is 9. The highest BCUT2D eigenvalue weighted by molar-refractivity contribution is 5.90. The summed E-state index contributed by atoms with van der Waals surface area (Å²) in [6.45, 7) is 10.0. The Bertz CT molecular complexity index is 470. The van der Waals surface area contributed by atoms with E-state index in [-0.39, 0.29) is 18.9 Å². The van der Waals surface area contributed by atoms with Crippen molar-refractivity contribution in [1.82, 2.24) is 10.2 Å². The van der Waals surface area contributed by atoms with Crippen LogP contribution < -0.4 is 11.1 Å². The molecule has 0 saturated carbocycles. The maximum Gasteiger partial charge on any atom is 0.416 e. The third kappa shape index (κ3) is 6.42. The van der Waals surface area contributed by atoms with E-state index in [1.54, 1.807) is 27.7 Å². The Morgan fingerprint density at radius 1 is 1.12 bits per heavy atom. The van der Waals surface area contributed by atoms with Gasteiger partial charge in [0.2, 0.25) is 11.8 Å². The maximum absolute atomic E-state index is 12.9. The minimum Gasteiger partial charge on any atom is -0.382 e. The van der Waals surface area contributed by atoms with Gasteiger partial charge in [0.1, 0.15) is 6.04 Å². The smallest absolute Gasteiger partial charge is 0.382 e. The quantitative estimate of drug-likeness (QED) is 0.564. The fraction of sp³-hybridized carbons (Fsp3) is 0.882. The molecule has 0 heterocycles. The third-order valence-corrected chi connectivity index (χ3v) is 4.40. The first-order chi connectivity index (χ1) is 11.8. The number of likely N-dealkylation sites (N-methyl/N-ethyl adjacent to an activating group) is 1. The zero-order chi connectivity index (χ0) is 20.8. The van der Waals surface area contributed by atoms with Gasteiger partial charge in [-0.1, -0.05) is 34.6 Å². The van der Waals surface area contributed by atoms with Crippen LogP contribution >= 0.6 is 0 Å². The van der Waals surface area contributed by atoms with Crippen molar-refractivity contribution in [3.63, 3.8) is 0 Å². The van der Waals surface area contributed by atoms with Gasteiger partial charge >= 0.3 is 6.18 Å². The minimum absolute atomic E-state index is 0.146. The number of hydrogen-bond donors (Lipinski definition) is 3. The van der Waals surface area contributed by atoms with Crippen LogP contribution in [-0.4, -0.2) is 58.8 Å². The molecule has 0 aliphatic rings. The molecule has 0 aromatic rings. The van der Waals surface area contributed by atoms with Crippen LogP contribution in [0.5, 0.6) is 0 Å². The van der Waals surface area contributed by atoms with Crippen LogP contribution in [0.4, 0.5) is 13.2 Å². The molecule has 0 bridgehead atoms. The van der Waals surface area contributed by atoms with E-state index in [1.165, 1.54) is 18.7 Å². The Hall–Kier alpha value is -1.35. The number of nitrogens with one attached hydrogen (secondary N) is 1. The number of carbonyl (C=O) groups is 2. The van der Waals surface area contributed by atoms with Gasteiger partial charge in [0.15, 0.2) is 6.10 Å². The SMILES string of the molecule is CC[C@@H](C(=O)NC(C(C)C)C(O)C(F)(F)F)N(CC)C(=O)[C@@H](N)C(C)C. The molecule has 4 N–H and O–H groups in total. The Labute approximate surface area is 153 Å². The maximum atomic E-state index is 12.9. The molecule has 154 valence electrons. The summed E-state index contributed by atoms with van der Waals surface area (Å²) in [5.74, 6) is -1.97. The molecule has 0 spiro atoms. The van der Waals surface area contributed by atoms with Gasteiger partial charge in [-0.15, -0.1) is 0 Å². The summed E-state index contributed by atoms with van der Waals surface area (Å²) in [6.07, 6.45) is -7.33. The predicted octanol–water partition coefficient (Wildman–Crippen LogP) is 1.66. The molecule has 0 fully saturated rings. The number of nitrogens with zero attached hydrogens (tertiary/aromatic N) is 1. The lowest BCUT2D eigenvalue weighted by Gasteiger charge is -2.35. The van der Waals surface area contributed by atoms with Crippen molar-refractivity contribution in [2.45, 2.75) is 78.4 Å². The molecule has 0 radical (unpaired) electrons. The van der Waals surface area contributed by atoms with Crippen molar-refractivity contribution in [1.29, 1.82) is 0 Å². The average molecular weight is 383 g/mol. The van der Waals surface area contributed by atoms with Gasteiger partial charge in [-0.25, -0.2) is 0 Å². The van der Waals surface area contributed by atoms with Gasteiger partial charge in [-0.05, 0) is 25.2 Å². The summed E-state index contributed by atoms with van der Waals surface area (Å²) >= 11 is 0. The monoisotopic (exact) mass is 383 g/mol. The summed E-state index contributed by atoms with van der Waals surface area (Å²) in [7, 11) is 0. The number of hydrogen-bond acceptors (Lipinski definition) is 4. The molecule has 9 heteroatoms. The van der Waals surface area contributed by atoms with Crippen LogP contribution in [0.25, 0.3) is 0 Å². The van der Waals surface area contributed by atoms with Crippen LogP contribution in [0.3, 0.4) is 0 Å². The molecule has 4 atom stereocenters.